The number of benzene rings is 1. The summed E-state index contributed by atoms with van der Waals surface area (Å²) in [6, 6.07) is 7.98. The van der Waals surface area contributed by atoms with E-state index in [0.717, 1.165) is 15.3 Å². The van der Waals surface area contributed by atoms with E-state index in [2.05, 4.69) is 15.6 Å². The van der Waals surface area contributed by atoms with Gasteiger partial charge in [0.15, 0.2) is 15.0 Å². The lowest BCUT2D eigenvalue weighted by Gasteiger charge is -2.22. The molecule has 2 atom stereocenters. The van der Waals surface area contributed by atoms with Gasteiger partial charge >= 0.3 is 0 Å². The van der Waals surface area contributed by atoms with Gasteiger partial charge < -0.3 is 15.2 Å². The Kier molecular flexibility index (Phi) is 6.34. The van der Waals surface area contributed by atoms with Crippen LogP contribution in [0.25, 0.3) is 15.3 Å². The summed E-state index contributed by atoms with van der Waals surface area (Å²) in [5, 5.41) is 6.45. The van der Waals surface area contributed by atoms with Crippen molar-refractivity contribution in [3.05, 3.63) is 48.3 Å². The van der Waals surface area contributed by atoms with Gasteiger partial charge in [0, 0.05) is 24.0 Å². The number of fused-ring (bicyclic) bond motifs is 1. The number of nitrogens with one attached hydrogen (secondary N) is 2. The Balaban J connectivity index is 1.48. The van der Waals surface area contributed by atoms with E-state index in [1.54, 1.807) is 18.2 Å². The maximum Gasteiger partial charge on any atom is 0.251 e. The van der Waals surface area contributed by atoms with Gasteiger partial charge in [-0.05, 0) is 49.1 Å². The van der Waals surface area contributed by atoms with Crippen molar-refractivity contribution in [1.29, 1.82) is 0 Å². The topological polar surface area (TPSA) is 110 Å². The van der Waals surface area contributed by atoms with Crippen LogP contribution in [0, 0.1) is 5.92 Å². The number of rotatable bonds is 7. The van der Waals surface area contributed by atoms with E-state index in [0.29, 0.717) is 18.4 Å². The molecule has 2 amide bonds. The summed E-state index contributed by atoms with van der Waals surface area (Å²) in [5.74, 6) is -0.483. The van der Waals surface area contributed by atoms with Crippen LogP contribution in [0.3, 0.4) is 0 Å². The van der Waals surface area contributed by atoms with Crippen LogP contribution in [-0.4, -0.2) is 53.4 Å². The third kappa shape index (κ3) is 5.18. The zero-order valence-corrected chi connectivity index (χ0v) is 19.6. The molecule has 0 aliphatic carbocycles. The van der Waals surface area contributed by atoms with Crippen molar-refractivity contribution in [1.82, 2.24) is 20.2 Å². The molecule has 0 spiro atoms. The van der Waals surface area contributed by atoms with Gasteiger partial charge in [-0.1, -0.05) is 25.2 Å². The zero-order chi connectivity index (χ0) is 22.9. The first-order chi connectivity index (χ1) is 15.2. The second kappa shape index (κ2) is 9.03. The van der Waals surface area contributed by atoms with Crippen molar-refractivity contribution in [3.63, 3.8) is 0 Å². The van der Waals surface area contributed by atoms with Crippen molar-refractivity contribution < 1.29 is 18.0 Å². The molecule has 1 aliphatic heterocycles. The van der Waals surface area contributed by atoms with Gasteiger partial charge in [-0.25, -0.2) is 13.4 Å². The molecule has 3 heterocycles. The van der Waals surface area contributed by atoms with Crippen molar-refractivity contribution >= 4 is 43.2 Å². The zero-order valence-electron chi connectivity index (χ0n) is 17.9. The van der Waals surface area contributed by atoms with Gasteiger partial charge in [-0.2, -0.15) is 0 Å². The van der Waals surface area contributed by atoms with Crippen LogP contribution in [0.15, 0.2) is 42.7 Å². The van der Waals surface area contributed by atoms with Crippen molar-refractivity contribution in [2.75, 3.05) is 11.5 Å². The predicted octanol–water partition coefficient (Wildman–Crippen LogP) is 2.53. The summed E-state index contributed by atoms with van der Waals surface area (Å²) >= 11 is 1.48. The molecular formula is C22H26N4O4S2. The third-order valence-corrected chi connectivity index (χ3v) is 8.17. The molecule has 1 fully saturated rings. The molecule has 32 heavy (non-hydrogen) atoms. The minimum absolute atomic E-state index is 0.0488. The normalized spacial score (nSPS) is 18.7. The van der Waals surface area contributed by atoms with Gasteiger partial charge in [-0.15, -0.1) is 0 Å². The highest BCUT2D eigenvalue weighted by molar-refractivity contribution is 7.91. The summed E-state index contributed by atoms with van der Waals surface area (Å²) in [5.41, 5.74) is 1.25. The summed E-state index contributed by atoms with van der Waals surface area (Å²) in [6.45, 7) is 3.94. The number of sulfone groups is 1. The molecule has 1 saturated heterocycles. The number of carbonyl (C=O) groups is 2. The Morgan fingerprint density at radius 2 is 2.00 bits per heavy atom. The van der Waals surface area contributed by atoms with Crippen molar-refractivity contribution in [2.45, 2.75) is 38.8 Å². The van der Waals surface area contributed by atoms with Gasteiger partial charge in [-0.3, -0.25) is 9.59 Å². The summed E-state index contributed by atoms with van der Waals surface area (Å²) < 4.78 is 26.2. The fraction of sp³-hybridized carbons (Fsp3) is 0.409. The maximum absolute atomic E-state index is 13.0. The van der Waals surface area contributed by atoms with E-state index in [4.69, 9.17) is 0 Å². The highest BCUT2D eigenvalue weighted by atomic mass is 32.2. The average Bonchev–Trinajstić information content (AvgIpc) is 3.45. The van der Waals surface area contributed by atoms with Gasteiger partial charge in [0.1, 0.15) is 6.04 Å². The molecule has 10 heteroatoms. The minimum atomic E-state index is -3.10. The van der Waals surface area contributed by atoms with E-state index in [-0.39, 0.29) is 29.2 Å². The first-order valence-electron chi connectivity index (χ1n) is 10.6. The van der Waals surface area contributed by atoms with Crippen LogP contribution in [0.5, 0.6) is 0 Å². The van der Waals surface area contributed by atoms with Crippen molar-refractivity contribution in [2.24, 2.45) is 5.92 Å². The number of carbonyl (C=O) groups excluding carboxylic acids is 2. The molecule has 170 valence electrons. The molecule has 2 aromatic heterocycles. The lowest BCUT2D eigenvalue weighted by atomic mass is 10.0. The van der Waals surface area contributed by atoms with Crippen LogP contribution < -0.4 is 10.6 Å². The second-order valence-corrected chi connectivity index (χ2v) is 11.8. The summed E-state index contributed by atoms with van der Waals surface area (Å²) in [7, 11) is -3.10. The standard InChI is InChI=1S/C22H26N4O4S2/c1-14(2)11-18(21(28)23-16-7-10-32(29,30)13-16)24-20(27)15-5-6-17-19(12-15)31-22(25-17)26-8-3-4-9-26/h3-6,8-9,12,14,16,18H,7,10-11,13H2,1-2H3,(H,23,28)(H,24,27)/t16-,18-/m0/s1. The number of aromatic nitrogens is 2. The van der Waals surface area contributed by atoms with Gasteiger partial charge in [0.25, 0.3) is 5.91 Å². The predicted molar refractivity (Wildman–Crippen MR) is 125 cm³/mol. The molecular weight excluding hydrogens is 448 g/mol. The number of amides is 2. The molecule has 0 bridgehead atoms. The quantitative estimate of drug-likeness (QED) is 0.547. The molecule has 1 aromatic carbocycles. The largest absolute Gasteiger partial charge is 0.351 e. The van der Waals surface area contributed by atoms with E-state index in [1.807, 2.05) is 42.9 Å². The Bertz CT molecular complexity index is 1230. The van der Waals surface area contributed by atoms with Crippen LogP contribution in [0.1, 0.15) is 37.0 Å². The Labute approximate surface area is 191 Å². The monoisotopic (exact) mass is 474 g/mol. The van der Waals surface area contributed by atoms with Crippen LogP contribution in [0.4, 0.5) is 0 Å². The fourth-order valence-electron chi connectivity index (χ4n) is 3.78. The minimum Gasteiger partial charge on any atom is -0.351 e. The number of thiazole rings is 1. The van der Waals surface area contributed by atoms with Crippen molar-refractivity contribution in [3.8, 4) is 5.13 Å². The number of hydrogen-bond donors (Lipinski definition) is 2. The fourth-order valence-corrected chi connectivity index (χ4v) is 6.43. The van der Waals surface area contributed by atoms with E-state index < -0.39 is 21.9 Å². The summed E-state index contributed by atoms with van der Waals surface area (Å²) in [6.07, 6.45) is 4.69. The molecule has 4 rings (SSSR count). The first kappa shape index (κ1) is 22.5. The van der Waals surface area contributed by atoms with Gasteiger partial charge in [0.2, 0.25) is 5.91 Å². The SMILES string of the molecule is CC(C)C[C@H](NC(=O)c1ccc2nc(-n3cccc3)sc2c1)C(=O)N[C@H]1CCS(=O)(=O)C1. The number of nitrogens with zero attached hydrogens (tertiary/aromatic N) is 2. The first-order valence-corrected chi connectivity index (χ1v) is 13.2. The van der Waals surface area contributed by atoms with E-state index in [9.17, 15) is 18.0 Å². The summed E-state index contributed by atoms with van der Waals surface area (Å²) in [4.78, 5) is 30.4. The molecule has 1 aliphatic rings. The number of hydrogen-bond acceptors (Lipinski definition) is 6. The molecule has 0 saturated carbocycles. The Morgan fingerprint density at radius 1 is 1.25 bits per heavy atom. The maximum atomic E-state index is 13.0. The van der Waals surface area contributed by atoms with Gasteiger partial charge in [0.05, 0.1) is 21.7 Å². The molecule has 2 N–H and O–H groups in total. The molecule has 3 aromatic rings. The van der Waals surface area contributed by atoms with Crippen LogP contribution in [0.2, 0.25) is 0 Å². The third-order valence-electron chi connectivity index (χ3n) is 5.37. The van der Waals surface area contributed by atoms with Crippen LogP contribution in [-0.2, 0) is 14.6 Å². The second-order valence-electron chi connectivity index (χ2n) is 8.53. The molecule has 0 radical (unpaired) electrons. The highest BCUT2D eigenvalue weighted by Crippen LogP contribution is 2.26. The molecule has 0 unspecified atom stereocenters. The van der Waals surface area contributed by atoms with E-state index in [1.165, 1.54) is 11.3 Å². The average molecular weight is 475 g/mol. The Hall–Kier alpha value is -2.72. The van der Waals surface area contributed by atoms with Crippen LogP contribution >= 0.6 is 11.3 Å². The highest BCUT2D eigenvalue weighted by Gasteiger charge is 2.31. The lowest BCUT2D eigenvalue weighted by molar-refractivity contribution is -0.123. The van der Waals surface area contributed by atoms with E-state index >= 15 is 0 Å². The Morgan fingerprint density at radius 3 is 2.66 bits per heavy atom. The lowest BCUT2D eigenvalue weighted by Crippen LogP contribution is -2.50. The molecule has 8 nitrogen and oxygen atoms in total. The smallest absolute Gasteiger partial charge is 0.251 e.